The average Bonchev–Trinajstić information content (AvgIpc) is 2.80. The lowest BCUT2D eigenvalue weighted by molar-refractivity contribution is -0.134. The summed E-state index contributed by atoms with van der Waals surface area (Å²) in [4.78, 5) is 25.7. The van der Waals surface area contributed by atoms with Gasteiger partial charge in [0.2, 0.25) is 5.91 Å². The highest BCUT2D eigenvalue weighted by atomic mass is 16.6. The Hall–Kier alpha value is -1.32. The molecule has 1 fully saturated rings. The normalized spacial score (nSPS) is 20.8. The van der Waals surface area contributed by atoms with Gasteiger partial charge in [-0.25, -0.2) is 9.69 Å². The monoisotopic (exact) mass is 281 g/mol. The second kappa shape index (κ2) is 8.08. The van der Waals surface area contributed by atoms with Crippen molar-refractivity contribution >= 4 is 12.0 Å². The SMILES string of the molecule is CCC/C=C/C[C@@H](CC)C(=O)N1C(=O)OC[C@@H]1C(C)C. The Morgan fingerprint density at radius 1 is 1.40 bits per heavy atom. The van der Waals surface area contributed by atoms with Crippen LogP contribution in [0.1, 0.15) is 53.4 Å². The summed E-state index contributed by atoms with van der Waals surface area (Å²) >= 11 is 0. The predicted octanol–water partition coefficient (Wildman–Crippen LogP) is 3.76. The number of nitrogens with zero attached hydrogens (tertiary/aromatic N) is 1. The molecule has 2 atom stereocenters. The van der Waals surface area contributed by atoms with Crippen molar-refractivity contribution in [2.24, 2.45) is 11.8 Å². The van der Waals surface area contributed by atoms with Crippen LogP contribution in [0, 0.1) is 11.8 Å². The van der Waals surface area contributed by atoms with Gasteiger partial charge in [-0.3, -0.25) is 4.79 Å². The fraction of sp³-hybridized carbons (Fsp3) is 0.750. The lowest BCUT2D eigenvalue weighted by Crippen LogP contribution is -2.44. The second-order valence-electron chi connectivity index (χ2n) is 5.70. The van der Waals surface area contributed by atoms with Crippen molar-refractivity contribution < 1.29 is 14.3 Å². The van der Waals surface area contributed by atoms with E-state index in [2.05, 4.69) is 19.1 Å². The Kier molecular flexibility index (Phi) is 6.76. The van der Waals surface area contributed by atoms with E-state index in [-0.39, 0.29) is 23.8 Å². The first kappa shape index (κ1) is 16.7. The Labute approximate surface area is 122 Å². The van der Waals surface area contributed by atoms with Crippen LogP contribution >= 0.6 is 0 Å². The van der Waals surface area contributed by atoms with Crippen LogP contribution in [0.4, 0.5) is 4.79 Å². The Balaban J connectivity index is 2.71. The molecule has 20 heavy (non-hydrogen) atoms. The fourth-order valence-electron chi connectivity index (χ4n) is 2.36. The van der Waals surface area contributed by atoms with Crippen LogP contribution in [-0.4, -0.2) is 29.5 Å². The largest absolute Gasteiger partial charge is 0.447 e. The van der Waals surface area contributed by atoms with Gasteiger partial charge in [0.25, 0.3) is 0 Å². The molecule has 0 spiro atoms. The van der Waals surface area contributed by atoms with Gasteiger partial charge in [-0.05, 0) is 25.2 Å². The molecule has 0 aromatic heterocycles. The van der Waals surface area contributed by atoms with Crippen molar-refractivity contribution in [3.8, 4) is 0 Å². The molecule has 0 saturated carbocycles. The number of hydrogen-bond acceptors (Lipinski definition) is 3. The van der Waals surface area contributed by atoms with Crippen LogP contribution in [0.3, 0.4) is 0 Å². The number of cyclic esters (lactones) is 1. The van der Waals surface area contributed by atoms with Gasteiger partial charge in [0.1, 0.15) is 6.61 Å². The van der Waals surface area contributed by atoms with Crippen molar-refractivity contribution in [3.63, 3.8) is 0 Å². The van der Waals surface area contributed by atoms with E-state index in [1.807, 2.05) is 20.8 Å². The highest BCUT2D eigenvalue weighted by Gasteiger charge is 2.41. The van der Waals surface area contributed by atoms with E-state index in [1.165, 1.54) is 4.90 Å². The van der Waals surface area contributed by atoms with E-state index in [0.29, 0.717) is 13.0 Å². The number of amides is 2. The van der Waals surface area contributed by atoms with E-state index < -0.39 is 6.09 Å². The van der Waals surface area contributed by atoms with Crippen LogP contribution in [0.5, 0.6) is 0 Å². The quantitative estimate of drug-likeness (QED) is 0.667. The standard InChI is InChI=1S/C16H27NO3/c1-5-7-8-9-10-13(6-2)15(18)17-14(12(3)4)11-20-16(17)19/h8-9,12-14H,5-7,10-11H2,1-4H3/b9-8+/t13-,14-/m1/s1. The number of ether oxygens (including phenoxy) is 1. The maximum atomic E-state index is 12.6. The Morgan fingerprint density at radius 2 is 2.10 bits per heavy atom. The lowest BCUT2D eigenvalue weighted by Gasteiger charge is -2.25. The molecular formula is C16H27NO3. The minimum absolute atomic E-state index is 0.0881. The zero-order valence-corrected chi connectivity index (χ0v) is 13.1. The van der Waals surface area contributed by atoms with E-state index in [4.69, 9.17) is 4.74 Å². The van der Waals surface area contributed by atoms with Crippen molar-refractivity contribution in [1.82, 2.24) is 4.90 Å². The van der Waals surface area contributed by atoms with Gasteiger partial charge < -0.3 is 4.74 Å². The first-order valence-corrected chi connectivity index (χ1v) is 7.67. The van der Waals surface area contributed by atoms with Gasteiger partial charge >= 0.3 is 6.09 Å². The van der Waals surface area contributed by atoms with E-state index in [1.54, 1.807) is 0 Å². The molecule has 0 aromatic rings. The van der Waals surface area contributed by atoms with Gasteiger partial charge in [0.15, 0.2) is 0 Å². The molecule has 0 radical (unpaired) electrons. The second-order valence-corrected chi connectivity index (χ2v) is 5.70. The maximum Gasteiger partial charge on any atom is 0.416 e. The summed E-state index contributed by atoms with van der Waals surface area (Å²) in [6, 6.07) is -0.122. The molecule has 1 aliphatic rings. The molecule has 4 nitrogen and oxygen atoms in total. The Bertz CT molecular complexity index is 363. The zero-order valence-electron chi connectivity index (χ0n) is 13.1. The van der Waals surface area contributed by atoms with Crippen LogP contribution in [0.25, 0.3) is 0 Å². The number of imide groups is 1. The molecule has 114 valence electrons. The number of carbonyl (C=O) groups is 2. The van der Waals surface area contributed by atoms with E-state index in [0.717, 1.165) is 19.3 Å². The molecule has 2 amide bonds. The van der Waals surface area contributed by atoms with Gasteiger partial charge in [-0.2, -0.15) is 0 Å². The van der Waals surface area contributed by atoms with E-state index in [9.17, 15) is 9.59 Å². The first-order valence-electron chi connectivity index (χ1n) is 7.67. The van der Waals surface area contributed by atoms with Crippen LogP contribution in [-0.2, 0) is 9.53 Å². The average molecular weight is 281 g/mol. The summed E-state index contributed by atoms with van der Waals surface area (Å²) in [5.74, 6) is 0.00314. The van der Waals surface area contributed by atoms with Crippen LogP contribution in [0.15, 0.2) is 12.2 Å². The molecule has 1 heterocycles. The summed E-state index contributed by atoms with van der Waals surface area (Å²) in [7, 11) is 0. The van der Waals surface area contributed by atoms with Crippen molar-refractivity contribution in [2.45, 2.75) is 59.4 Å². The van der Waals surface area contributed by atoms with Crippen LogP contribution in [0.2, 0.25) is 0 Å². The van der Waals surface area contributed by atoms with Gasteiger partial charge in [-0.1, -0.05) is 46.3 Å². The summed E-state index contributed by atoms with van der Waals surface area (Å²) in [5.41, 5.74) is 0. The Morgan fingerprint density at radius 3 is 2.65 bits per heavy atom. The summed E-state index contributed by atoms with van der Waals surface area (Å²) in [6.07, 6.45) is 7.26. The molecule has 0 aromatic carbocycles. The fourth-order valence-corrected chi connectivity index (χ4v) is 2.36. The lowest BCUT2D eigenvalue weighted by atomic mass is 9.97. The minimum Gasteiger partial charge on any atom is -0.447 e. The zero-order chi connectivity index (χ0) is 15.1. The number of allylic oxidation sites excluding steroid dienone is 2. The highest BCUT2D eigenvalue weighted by molar-refractivity contribution is 5.94. The molecule has 0 N–H and O–H groups in total. The number of carbonyl (C=O) groups excluding carboxylic acids is 2. The van der Waals surface area contributed by atoms with Crippen LogP contribution < -0.4 is 0 Å². The van der Waals surface area contributed by atoms with Crippen molar-refractivity contribution in [3.05, 3.63) is 12.2 Å². The maximum absolute atomic E-state index is 12.6. The predicted molar refractivity (Wildman–Crippen MR) is 79.3 cm³/mol. The van der Waals surface area contributed by atoms with Gasteiger partial charge in [0.05, 0.1) is 6.04 Å². The van der Waals surface area contributed by atoms with Crippen molar-refractivity contribution in [2.75, 3.05) is 6.61 Å². The molecular weight excluding hydrogens is 254 g/mol. The third-order valence-corrected chi connectivity index (χ3v) is 3.80. The van der Waals surface area contributed by atoms with Gasteiger partial charge in [0, 0.05) is 5.92 Å². The topological polar surface area (TPSA) is 46.6 Å². The number of hydrogen-bond donors (Lipinski definition) is 0. The third-order valence-electron chi connectivity index (χ3n) is 3.80. The molecule has 0 bridgehead atoms. The first-order chi connectivity index (χ1) is 9.52. The molecule has 1 saturated heterocycles. The van der Waals surface area contributed by atoms with Crippen molar-refractivity contribution in [1.29, 1.82) is 0 Å². The summed E-state index contributed by atoms with van der Waals surface area (Å²) in [6.45, 7) is 8.46. The minimum atomic E-state index is -0.482. The summed E-state index contributed by atoms with van der Waals surface area (Å²) in [5, 5.41) is 0. The molecule has 4 heteroatoms. The molecule has 0 unspecified atom stereocenters. The number of unbranched alkanes of at least 4 members (excludes halogenated alkanes) is 1. The number of rotatable bonds is 7. The summed E-state index contributed by atoms with van der Waals surface area (Å²) < 4.78 is 5.05. The smallest absolute Gasteiger partial charge is 0.416 e. The third kappa shape index (κ3) is 4.09. The molecule has 1 rings (SSSR count). The molecule has 0 aliphatic carbocycles. The molecule has 1 aliphatic heterocycles. The van der Waals surface area contributed by atoms with Gasteiger partial charge in [-0.15, -0.1) is 0 Å². The van der Waals surface area contributed by atoms with E-state index >= 15 is 0 Å². The highest BCUT2D eigenvalue weighted by Crippen LogP contribution is 2.24.